The van der Waals surface area contributed by atoms with Gasteiger partial charge >= 0.3 is 5.97 Å². The zero-order valence-corrected chi connectivity index (χ0v) is 12.6. The fraction of sp³-hybridized carbons (Fsp3) is 0.588. The number of benzene rings is 1. The molecule has 3 rings (SSSR count). The van der Waals surface area contributed by atoms with E-state index in [1.165, 1.54) is 12.1 Å². The molecule has 3 unspecified atom stereocenters. The molecule has 0 amide bonds. The summed E-state index contributed by atoms with van der Waals surface area (Å²) in [7, 11) is 0. The van der Waals surface area contributed by atoms with Gasteiger partial charge < -0.3 is 9.84 Å². The molecule has 1 N–H and O–H groups in total. The van der Waals surface area contributed by atoms with E-state index in [0.717, 1.165) is 25.3 Å². The summed E-state index contributed by atoms with van der Waals surface area (Å²) in [5, 5.41) is 9.69. The number of carbonyl (C=O) groups is 1. The summed E-state index contributed by atoms with van der Waals surface area (Å²) in [5.41, 5.74) is -0.314. The molecular formula is C17H21FO3. The first-order chi connectivity index (χ1) is 9.77. The van der Waals surface area contributed by atoms with Crippen molar-refractivity contribution in [3.05, 3.63) is 29.6 Å². The van der Waals surface area contributed by atoms with Crippen LogP contribution in [0.25, 0.3) is 0 Å². The van der Waals surface area contributed by atoms with Crippen LogP contribution < -0.4 is 0 Å². The van der Waals surface area contributed by atoms with Crippen molar-refractivity contribution >= 4 is 5.97 Å². The first-order valence-corrected chi connectivity index (χ1v) is 7.46. The zero-order chi connectivity index (χ0) is 15.4. The molecule has 2 aliphatic rings. The molecule has 2 bridgehead atoms. The second-order valence-electron chi connectivity index (χ2n) is 7.14. The van der Waals surface area contributed by atoms with Crippen LogP contribution in [0, 0.1) is 22.6 Å². The number of carbonyl (C=O) groups excluding carboxylic acids is 1. The van der Waals surface area contributed by atoms with E-state index in [4.69, 9.17) is 4.74 Å². The van der Waals surface area contributed by atoms with Crippen LogP contribution in [0.4, 0.5) is 4.39 Å². The van der Waals surface area contributed by atoms with E-state index in [0.29, 0.717) is 5.92 Å². The van der Waals surface area contributed by atoms with Crippen molar-refractivity contribution in [2.75, 3.05) is 0 Å². The topological polar surface area (TPSA) is 46.5 Å². The third-order valence-electron chi connectivity index (χ3n) is 6.16. The minimum absolute atomic E-state index is 0.0752. The van der Waals surface area contributed by atoms with Crippen LogP contribution in [0.5, 0.6) is 5.75 Å². The first-order valence-electron chi connectivity index (χ1n) is 7.46. The van der Waals surface area contributed by atoms with E-state index < -0.39 is 11.8 Å². The Bertz CT molecular complexity index is 575. The molecule has 0 aliphatic heterocycles. The average Bonchev–Trinajstić information content (AvgIpc) is 2.71. The number of esters is 1. The summed E-state index contributed by atoms with van der Waals surface area (Å²) >= 11 is 0. The average molecular weight is 292 g/mol. The molecule has 0 aromatic heterocycles. The van der Waals surface area contributed by atoms with Gasteiger partial charge in [0.2, 0.25) is 0 Å². The van der Waals surface area contributed by atoms with Crippen molar-refractivity contribution < 1.29 is 19.0 Å². The zero-order valence-electron chi connectivity index (χ0n) is 12.6. The molecule has 114 valence electrons. The lowest BCUT2D eigenvalue weighted by Crippen LogP contribution is -2.38. The van der Waals surface area contributed by atoms with Gasteiger partial charge in [0.1, 0.15) is 23.2 Å². The molecule has 3 atom stereocenters. The van der Waals surface area contributed by atoms with Crippen LogP contribution in [0.2, 0.25) is 0 Å². The maximum absolute atomic E-state index is 13.7. The highest BCUT2D eigenvalue weighted by Gasteiger charge is 2.62. The summed E-state index contributed by atoms with van der Waals surface area (Å²) in [4.78, 5) is 12.2. The Labute approximate surface area is 124 Å². The lowest BCUT2D eigenvalue weighted by molar-refractivity contribution is -0.0247. The van der Waals surface area contributed by atoms with Gasteiger partial charge in [-0.3, -0.25) is 0 Å². The molecule has 2 saturated carbocycles. The van der Waals surface area contributed by atoms with Gasteiger partial charge in [-0.05, 0) is 42.7 Å². The molecule has 0 saturated heterocycles. The van der Waals surface area contributed by atoms with Gasteiger partial charge in [0.15, 0.2) is 0 Å². The quantitative estimate of drug-likeness (QED) is 0.841. The summed E-state index contributed by atoms with van der Waals surface area (Å²) in [6.45, 7) is 6.59. The molecule has 1 aromatic rings. The van der Waals surface area contributed by atoms with Gasteiger partial charge in [0.25, 0.3) is 0 Å². The Hall–Kier alpha value is -1.58. The van der Waals surface area contributed by atoms with Crippen molar-refractivity contribution in [1.29, 1.82) is 0 Å². The number of hydrogen-bond donors (Lipinski definition) is 1. The van der Waals surface area contributed by atoms with Crippen LogP contribution in [0.15, 0.2) is 18.2 Å². The summed E-state index contributed by atoms with van der Waals surface area (Å²) < 4.78 is 19.3. The molecule has 1 aromatic carbocycles. The first kappa shape index (κ1) is 14.4. The number of phenolic OH excluding ortho intramolecular Hbond substituents is 1. The van der Waals surface area contributed by atoms with Crippen LogP contribution in [0.1, 0.15) is 50.4 Å². The molecule has 3 nitrogen and oxygen atoms in total. The number of phenols is 1. The van der Waals surface area contributed by atoms with Crippen LogP contribution in [-0.2, 0) is 4.74 Å². The van der Waals surface area contributed by atoms with Crippen molar-refractivity contribution in [3.8, 4) is 5.75 Å². The van der Waals surface area contributed by atoms with Gasteiger partial charge in [0.05, 0.1) is 0 Å². The summed E-state index contributed by atoms with van der Waals surface area (Å²) in [6.07, 6.45) is 2.79. The predicted molar refractivity (Wildman–Crippen MR) is 76.5 cm³/mol. The van der Waals surface area contributed by atoms with Crippen LogP contribution in [0.3, 0.4) is 0 Å². The lowest BCUT2D eigenvalue weighted by Gasteiger charge is -2.38. The maximum Gasteiger partial charge on any atom is 0.345 e. The van der Waals surface area contributed by atoms with Crippen molar-refractivity contribution in [3.63, 3.8) is 0 Å². The van der Waals surface area contributed by atoms with Gasteiger partial charge in [-0.2, -0.15) is 0 Å². The Balaban J connectivity index is 1.84. The maximum atomic E-state index is 13.7. The van der Waals surface area contributed by atoms with E-state index >= 15 is 0 Å². The van der Waals surface area contributed by atoms with Crippen molar-refractivity contribution in [1.82, 2.24) is 0 Å². The Morgan fingerprint density at radius 1 is 1.38 bits per heavy atom. The molecule has 4 heteroatoms. The number of rotatable bonds is 2. The largest absolute Gasteiger partial charge is 0.507 e. The van der Waals surface area contributed by atoms with E-state index in [2.05, 4.69) is 20.8 Å². The number of fused-ring (bicyclic) bond motifs is 2. The van der Waals surface area contributed by atoms with Crippen molar-refractivity contribution in [2.24, 2.45) is 16.7 Å². The van der Waals surface area contributed by atoms with Gasteiger partial charge in [-0.15, -0.1) is 0 Å². The molecule has 2 fully saturated rings. The minimum atomic E-state index is -0.764. The predicted octanol–water partition coefficient (Wildman–Crippen LogP) is 3.90. The Kier molecular flexibility index (Phi) is 3.05. The second kappa shape index (κ2) is 4.46. The third-order valence-corrected chi connectivity index (χ3v) is 6.16. The highest BCUT2D eigenvalue weighted by molar-refractivity contribution is 5.92. The fourth-order valence-electron chi connectivity index (χ4n) is 4.21. The van der Waals surface area contributed by atoms with Gasteiger partial charge in [0, 0.05) is 5.41 Å². The monoisotopic (exact) mass is 292 g/mol. The summed E-state index contributed by atoms with van der Waals surface area (Å²) in [6, 6.07) is 3.82. The highest BCUT2D eigenvalue weighted by atomic mass is 19.1. The number of hydrogen-bond acceptors (Lipinski definition) is 3. The molecule has 0 spiro atoms. The Morgan fingerprint density at radius 2 is 2.10 bits per heavy atom. The molecule has 21 heavy (non-hydrogen) atoms. The van der Waals surface area contributed by atoms with E-state index in [1.54, 1.807) is 0 Å². The molecule has 0 radical (unpaired) electrons. The third kappa shape index (κ3) is 1.88. The van der Waals surface area contributed by atoms with E-state index in [-0.39, 0.29) is 28.2 Å². The molecule has 2 aliphatic carbocycles. The lowest BCUT2D eigenvalue weighted by atomic mass is 9.70. The number of ether oxygens (including phenoxy) is 1. The van der Waals surface area contributed by atoms with Gasteiger partial charge in [-0.1, -0.05) is 26.8 Å². The fourth-order valence-corrected chi connectivity index (χ4v) is 4.21. The standard InChI is InChI=1S/C17H21FO3/c1-16(2)10-7-8-17(16,3)13(9-10)21-15(20)14-11(18)5-4-6-12(14)19/h4-6,10,13,19H,7-9H2,1-3H3. The Morgan fingerprint density at radius 3 is 2.62 bits per heavy atom. The summed E-state index contributed by atoms with van der Waals surface area (Å²) in [5.74, 6) is -1.34. The molecular weight excluding hydrogens is 271 g/mol. The minimum Gasteiger partial charge on any atom is -0.507 e. The van der Waals surface area contributed by atoms with Crippen molar-refractivity contribution in [2.45, 2.75) is 46.1 Å². The normalized spacial score (nSPS) is 33.1. The van der Waals surface area contributed by atoms with E-state index in [1.807, 2.05) is 0 Å². The number of aromatic hydroxyl groups is 1. The SMILES string of the molecule is CC1(C)C2CCC1(C)C(OC(=O)c1c(O)cccc1F)C2. The highest BCUT2D eigenvalue weighted by Crippen LogP contribution is 2.66. The second-order valence-corrected chi connectivity index (χ2v) is 7.14. The van der Waals surface area contributed by atoms with E-state index in [9.17, 15) is 14.3 Å². The van der Waals surface area contributed by atoms with Gasteiger partial charge in [-0.25, -0.2) is 9.18 Å². The molecule has 0 heterocycles. The van der Waals surface area contributed by atoms with Crippen LogP contribution in [-0.4, -0.2) is 17.2 Å². The van der Waals surface area contributed by atoms with Crippen LogP contribution >= 0.6 is 0 Å². The number of halogens is 1. The smallest absolute Gasteiger partial charge is 0.345 e.